The molecule has 1 nitrogen and oxygen atoms in total. The first-order valence-electron chi connectivity index (χ1n) is 3.72. The Morgan fingerprint density at radius 2 is 2.25 bits per heavy atom. The van der Waals surface area contributed by atoms with Crippen molar-refractivity contribution in [2.75, 3.05) is 12.9 Å². The van der Waals surface area contributed by atoms with Crippen LogP contribution in [0.15, 0.2) is 18.2 Å². The molecule has 0 aliphatic heterocycles. The first-order valence-corrected chi connectivity index (χ1v) is 4.35. The Bertz CT molecular complexity index is 263. The number of halogens is 1. The van der Waals surface area contributed by atoms with Crippen molar-refractivity contribution in [2.24, 2.45) is 0 Å². The second kappa shape index (κ2) is 4.36. The Morgan fingerprint density at radius 1 is 1.50 bits per heavy atom. The minimum Gasteiger partial charge on any atom is -0.493 e. The fourth-order valence-electron chi connectivity index (χ4n) is 1.10. The second-order valence-electron chi connectivity index (χ2n) is 2.41. The summed E-state index contributed by atoms with van der Waals surface area (Å²) in [4.78, 5) is 0. The van der Waals surface area contributed by atoms with Gasteiger partial charge in [0.25, 0.3) is 0 Å². The topological polar surface area (TPSA) is 9.23 Å². The maximum absolute atomic E-state index is 13.0. The highest BCUT2D eigenvalue weighted by atomic mass is 32.1. The van der Waals surface area contributed by atoms with Crippen LogP contribution in [0.25, 0.3) is 0 Å². The predicted molar refractivity (Wildman–Crippen MR) is 50.5 cm³/mol. The summed E-state index contributed by atoms with van der Waals surface area (Å²) >= 11 is 4.07. The van der Waals surface area contributed by atoms with Crippen molar-refractivity contribution in [1.29, 1.82) is 0 Å². The molecule has 0 radical (unpaired) electrons. The van der Waals surface area contributed by atoms with E-state index in [0.717, 1.165) is 12.0 Å². The number of rotatable bonds is 3. The monoisotopic (exact) mass is 186 g/mol. The minimum atomic E-state index is -0.309. The van der Waals surface area contributed by atoms with Crippen molar-refractivity contribution in [2.45, 2.75) is 6.42 Å². The van der Waals surface area contributed by atoms with Crippen LogP contribution in [0.4, 0.5) is 4.39 Å². The highest BCUT2D eigenvalue weighted by molar-refractivity contribution is 7.80. The fraction of sp³-hybridized carbons (Fsp3) is 0.333. The lowest BCUT2D eigenvalue weighted by atomic mass is 10.1. The Hall–Kier alpha value is -0.700. The van der Waals surface area contributed by atoms with Gasteiger partial charge < -0.3 is 4.74 Å². The summed E-state index contributed by atoms with van der Waals surface area (Å²) < 4.78 is 17.9. The molecule has 0 aliphatic carbocycles. The quantitative estimate of drug-likeness (QED) is 0.713. The molecule has 0 atom stereocenters. The Labute approximate surface area is 77.0 Å². The highest BCUT2D eigenvalue weighted by Crippen LogP contribution is 2.22. The smallest absolute Gasteiger partial charge is 0.165 e. The molecule has 0 amide bonds. The van der Waals surface area contributed by atoms with Gasteiger partial charge in [0.05, 0.1) is 7.11 Å². The summed E-state index contributed by atoms with van der Waals surface area (Å²) in [6.07, 6.45) is 0.726. The van der Waals surface area contributed by atoms with Gasteiger partial charge in [-0.15, -0.1) is 0 Å². The molecule has 1 aromatic carbocycles. The van der Waals surface area contributed by atoms with Gasteiger partial charge in [-0.1, -0.05) is 12.1 Å². The zero-order valence-corrected chi connectivity index (χ0v) is 7.77. The lowest BCUT2D eigenvalue weighted by Crippen LogP contribution is -1.95. The van der Waals surface area contributed by atoms with Crippen molar-refractivity contribution in [3.05, 3.63) is 29.6 Å². The Balaban J connectivity index is 3.00. The van der Waals surface area contributed by atoms with E-state index >= 15 is 0 Å². The van der Waals surface area contributed by atoms with Gasteiger partial charge in [0.2, 0.25) is 0 Å². The number of hydrogen-bond acceptors (Lipinski definition) is 2. The summed E-state index contributed by atoms with van der Waals surface area (Å²) in [5, 5.41) is 0. The lowest BCUT2D eigenvalue weighted by molar-refractivity contribution is 0.382. The van der Waals surface area contributed by atoms with Gasteiger partial charge in [0, 0.05) is 0 Å². The van der Waals surface area contributed by atoms with Crippen LogP contribution in [-0.2, 0) is 6.42 Å². The number of para-hydroxylation sites is 1. The summed E-state index contributed by atoms with van der Waals surface area (Å²) in [5.41, 5.74) is 0.868. The summed E-state index contributed by atoms with van der Waals surface area (Å²) in [5.74, 6) is 0.725. The SMILES string of the molecule is COc1c(F)cccc1CCS. The molecule has 3 heteroatoms. The summed E-state index contributed by atoms with van der Waals surface area (Å²) in [7, 11) is 1.47. The van der Waals surface area contributed by atoms with Crippen molar-refractivity contribution >= 4 is 12.6 Å². The maximum Gasteiger partial charge on any atom is 0.165 e. The first kappa shape index (κ1) is 9.39. The zero-order chi connectivity index (χ0) is 8.97. The van der Waals surface area contributed by atoms with E-state index in [4.69, 9.17) is 4.74 Å². The number of hydrogen-bond donors (Lipinski definition) is 1. The van der Waals surface area contributed by atoms with E-state index in [2.05, 4.69) is 12.6 Å². The normalized spacial score (nSPS) is 9.92. The average molecular weight is 186 g/mol. The van der Waals surface area contributed by atoms with Crippen LogP contribution in [0.1, 0.15) is 5.56 Å². The molecule has 0 saturated carbocycles. The standard InChI is InChI=1S/C9H11FOS/c1-11-9-7(5-6-12)3-2-4-8(9)10/h2-4,12H,5-6H2,1H3. The largest absolute Gasteiger partial charge is 0.493 e. The Morgan fingerprint density at radius 3 is 2.83 bits per heavy atom. The molecule has 0 bridgehead atoms. The third-order valence-corrected chi connectivity index (χ3v) is 1.86. The summed E-state index contributed by atoms with van der Waals surface area (Å²) in [6, 6.07) is 4.91. The van der Waals surface area contributed by atoms with Gasteiger partial charge in [-0.25, -0.2) is 4.39 Å². The van der Waals surface area contributed by atoms with E-state index in [1.54, 1.807) is 6.07 Å². The molecule has 0 aliphatic rings. The van der Waals surface area contributed by atoms with Gasteiger partial charge in [-0.2, -0.15) is 12.6 Å². The van der Waals surface area contributed by atoms with E-state index in [1.807, 2.05) is 6.07 Å². The molecule has 0 saturated heterocycles. The highest BCUT2D eigenvalue weighted by Gasteiger charge is 2.06. The molecule has 0 spiro atoms. The van der Waals surface area contributed by atoms with Crippen LogP contribution in [0.5, 0.6) is 5.75 Å². The van der Waals surface area contributed by atoms with Gasteiger partial charge in [0.1, 0.15) is 0 Å². The van der Waals surface area contributed by atoms with E-state index in [-0.39, 0.29) is 5.82 Å². The zero-order valence-electron chi connectivity index (χ0n) is 6.88. The molecule has 0 fully saturated rings. The molecule has 12 heavy (non-hydrogen) atoms. The third-order valence-electron chi connectivity index (χ3n) is 1.63. The van der Waals surface area contributed by atoms with E-state index in [1.165, 1.54) is 13.2 Å². The van der Waals surface area contributed by atoms with Crippen LogP contribution >= 0.6 is 12.6 Å². The summed E-state index contributed by atoms with van der Waals surface area (Å²) in [6.45, 7) is 0. The predicted octanol–water partition coefficient (Wildman–Crippen LogP) is 2.31. The molecule has 1 rings (SSSR count). The molecule has 0 N–H and O–H groups in total. The van der Waals surface area contributed by atoms with Gasteiger partial charge in [-0.3, -0.25) is 0 Å². The molecule has 0 aromatic heterocycles. The van der Waals surface area contributed by atoms with Crippen molar-refractivity contribution < 1.29 is 9.13 Å². The Kier molecular flexibility index (Phi) is 3.41. The maximum atomic E-state index is 13.0. The lowest BCUT2D eigenvalue weighted by Gasteiger charge is -2.07. The number of aryl methyl sites for hydroxylation is 1. The minimum absolute atomic E-state index is 0.309. The second-order valence-corrected chi connectivity index (χ2v) is 2.85. The molecule has 0 heterocycles. The molecular weight excluding hydrogens is 175 g/mol. The molecule has 0 unspecified atom stereocenters. The number of benzene rings is 1. The number of methoxy groups -OCH3 is 1. The van der Waals surface area contributed by atoms with Crippen molar-refractivity contribution in [3.8, 4) is 5.75 Å². The van der Waals surface area contributed by atoms with Crippen LogP contribution < -0.4 is 4.74 Å². The number of ether oxygens (including phenoxy) is 1. The van der Waals surface area contributed by atoms with Crippen molar-refractivity contribution in [1.82, 2.24) is 0 Å². The molecule has 66 valence electrons. The van der Waals surface area contributed by atoms with E-state index in [0.29, 0.717) is 11.5 Å². The van der Waals surface area contributed by atoms with E-state index in [9.17, 15) is 4.39 Å². The molecule has 1 aromatic rings. The first-order chi connectivity index (χ1) is 5.79. The third kappa shape index (κ3) is 1.91. The van der Waals surface area contributed by atoms with Crippen LogP contribution in [-0.4, -0.2) is 12.9 Å². The van der Waals surface area contributed by atoms with Gasteiger partial charge >= 0.3 is 0 Å². The van der Waals surface area contributed by atoms with Gasteiger partial charge in [-0.05, 0) is 23.8 Å². The van der Waals surface area contributed by atoms with Gasteiger partial charge in [0.15, 0.2) is 11.6 Å². The van der Waals surface area contributed by atoms with Crippen molar-refractivity contribution in [3.63, 3.8) is 0 Å². The fourth-order valence-corrected chi connectivity index (χ4v) is 1.34. The molecular formula is C9H11FOS. The van der Waals surface area contributed by atoms with Crippen LogP contribution in [0.2, 0.25) is 0 Å². The van der Waals surface area contributed by atoms with Crippen LogP contribution in [0, 0.1) is 5.82 Å². The van der Waals surface area contributed by atoms with E-state index < -0.39 is 0 Å². The number of thiol groups is 1. The van der Waals surface area contributed by atoms with Crippen LogP contribution in [0.3, 0.4) is 0 Å². The average Bonchev–Trinajstić information content (AvgIpc) is 2.05.